The standard InChI is InChI=1S/C22H21F2N7/c1-13(2)31-12-25-20(28-31)16-11-26-30-8-6-19(27-21(16)30)29-7-5-14-10-22(14,29)17-9-15(23)3-4-18(17)24/h3-4,6,8-9,11-14H,5,7,10H2,1-2H3/t14-,22+/m0/s1. The average Bonchev–Trinajstić information content (AvgIpc) is 3.13. The fourth-order valence-corrected chi connectivity index (χ4v) is 4.91. The average molecular weight is 421 g/mol. The second-order valence-electron chi connectivity index (χ2n) is 8.64. The molecule has 7 nitrogen and oxygen atoms in total. The number of hydrogen-bond acceptors (Lipinski definition) is 5. The Morgan fingerprint density at radius 1 is 1.19 bits per heavy atom. The molecular weight excluding hydrogens is 400 g/mol. The first-order valence-electron chi connectivity index (χ1n) is 10.5. The highest BCUT2D eigenvalue weighted by Crippen LogP contribution is 2.63. The van der Waals surface area contributed by atoms with E-state index in [9.17, 15) is 8.78 Å². The van der Waals surface area contributed by atoms with E-state index in [2.05, 4.69) is 20.1 Å². The van der Waals surface area contributed by atoms with Crippen LogP contribution < -0.4 is 4.90 Å². The van der Waals surface area contributed by atoms with Gasteiger partial charge in [-0.05, 0) is 56.9 Å². The van der Waals surface area contributed by atoms with E-state index in [1.807, 2.05) is 26.1 Å². The molecule has 4 aromatic rings. The molecule has 0 N–H and O–H groups in total. The quantitative estimate of drug-likeness (QED) is 0.499. The lowest BCUT2D eigenvalue weighted by molar-refractivity contribution is 0.532. The number of piperidine rings is 1. The van der Waals surface area contributed by atoms with Crippen molar-refractivity contribution in [3.05, 3.63) is 60.2 Å². The molecule has 2 aliphatic rings. The van der Waals surface area contributed by atoms with Crippen molar-refractivity contribution in [1.29, 1.82) is 0 Å². The molecule has 1 saturated carbocycles. The molecule has 158 valence electrons. The first-order valence-corrected chi connectivity index (χ1v) is 10.5. The van der Waals surface area contributed by atoms with Crippen LogP contribution in [0.4, 0.5) is 14.6 Å². The molecule has 9 heteroatoms. The van der Waals surface area contributed by atoms with E-state index in [-0.39, 0.29) is 11.9 Å². The van der Waals surface area contributed by atoms with E-state index in [0.717, 1.165) is 36.8 Å². The van der Waals surface area contributed by atoms with Gasteiger partial charge in [-0.15, -0.1) is 0 Å². The van der Waals surface area contributed by atoms with Crippen molar-refractivity contribution < 1.29 is 8.78 Å². The number of fused-ring (bicyclic) bond motifs is 2. The third-order valence-electron chi connectivity index (χ3n) is 6.56. The van der Waals surface area contributed by atoms with E-state index in [1.54, 1.807) is 21.7 Å². The summed E-state index contributed by atoms with van der Waals surface area (Å²) in [6, 6.07) is 5.79. The van der Waals surface area contributed by atoms with Crippen LogP contribution in [-0.2, 0) is 5.54 Å². The minimum absolute atomic E-state index is 0.198. The van der Waals surface area contributed by atoms with E-state index in [1.165, 1.54) is 12.1 Å². The summed E-state index contributed by atoms with van der Waals surface area (Å²) in [5.41, 5.74) is 1.26. The molecule has 1 aliphatic carbocycles. The summed E-state index contributed by atoms with van der Waals surface area (Å²) in [5, 5.41) is 8.93. The van der Waals surface area contributed by atoms with Crippen molar-refractivity contribution in [3.63, 3.8) is 0 Å². The van der Waals surface area contributed by atoms with Crippen LogP contribution in [0.15, 0.2) is 43.0 Å². The van der Waals surface area contributed by atoms with Gasteiger partial charge in [0, 0.05) is 24.3 Å². The lowest BCUT2D eigenvalue weighted by Crippen LogP contribution is -2.34. The van der Waals surface area contributed by atoms with Gasteiger partial charge in [0.15, 0.2) is 11.5 Å². The lowest BCUT2D eigenvalue weighted by Gasteiger charge is -2.30. The molecule has 6 rings (SSSR count). The van der Waals surface area contributed by atoms with E-state index in [0.29, 0.717) is 23.0 Å². The van der Waals surface area contributed by atoms with Gasteiger partial charge in [-0.3, -0.25) is 0 Å². The maximum Gasteiger partial charge on any atom is 0.186 e. The van der Waals surface area contributed by atoms with Crippen molar-refractivity contribution in [2.24, 2.45) is 5.92 Å². The minimum atomic E-state index is -0.533. The number of benzene rings is 1. The predicted octanol–water partition coefficient (Wildman–Crippen LogP) is 3.97. The predicted molar refractivity (Wildman–Crippen MR) is 110 cm³/mol. The smallest absolute Gasteiger partial charge is 0.186 e. The number of halogens is 2. The zero-order chi connectivity index (χ0) is 21.3. The second-order valence-corrected chi connectivity index (χ2v) is 8.64. The van der Waals surface area contributed by atoms with Crippen molar-refractivity contribution in [2.45, 2.75) is 38.3 Å². The molecule has 2 atom stereocenters. The Balaban J connectivity index is 1.44. The fourth-order valence-electron chi connectivity index (χ4n) is 4.91. The molecule has 1 aliphatic heterocycles. The monoisotopic (exact) mass is 421 g/mol. The lowest BCUT2D eigenvalue weighted by atomic mass is 10.0. The minimum Gasteiger partial charge on any atom is -0.346 e. The number of anilines is 1. The Bertz CT molecular complexity index is 1310. The normalized spacial score (nSPS) is 22.5. The molecule has 0 amide bonds. The largest absolute Gasteiger partial charge is 0.346 e. The Morgan fingerprint density at radius 3 is 2.84 bits per heavy atom. The van der Waals surface area contributed by atoms with Crippen molar-refractivity contribution in [2.75, 3.05) is 11.4 Å². The summed E-state index contributed by atoms with van der Waals surface area (Å²) < 4.78 is 32.1. The number of hydrogen-bond donors (Lipinski definition) is 0. The summed E-state index contributed by atoms with van der Waals surface area (Å²) in [4.78, 5) is 11.4. The number of rotatable bonds is 4. The Morgan fingerprint density at radius 2 is 2.06 bits per heavy atom. The van der Waals surface area contributed by atoms with Crippen LogP contribution in [-0.4, -0.2) is 35.9 Å². The van der Waals surface area contributed by atoms with Crippen LogP contribution >= 0.6 is 0 Å². The van der Waals surface area contributed by atoms with Gasteiger partial charge in [-0.1, -0.05) is 0 Å². The van der Waals surface area contributed by atoms with Crippen molar-refractivity contribution >= 4 is 11.5 Å². The maximum atomic E-state index is 14.7. The van der Waals surface area contributed by atoms with Crippen LogP contribution in [0.1, 0.15) is 38.3 Å². The molecular formula is C22H21F2N7. The SMILES string of the molecule is CC(C)n1cnc(-c2cnn3ccc(N4CC[C@H]5C[C@]54c4cc(F)ccc4F)nc23)n1. The molecule has 0 unspecified atom stereocenters. The van der Waals surface area contributed by atoms with E-state index < -0.39 is 11.4 Å². The van der Waals surface area contributed by atoms with Crippen LogP contribution in [0.2, 0.25) is 0 Å². The molecule has 3 aromatic heterocycles. The van der Waals surface area contributed by atoms with Crippen LogP contribution in [0.25, 0.3) is 17.0 Å². The Kier molecular flexibility index (Phi) is 3.75. The van der Waals surface area contributed by atoms with Gasteiger partial charge in [0.1, 0.15) is 23.8 Å². The van der Waals surface area contributed by atoms with E-state index in [4.69, 9.17) is 4.98 Å². The highest BCUT2D eigenvalue weighted by Gasteiger charge is 2.64. The molecule has 1 saturated heterocycles. The first kappa shape index (κ1) is 18.4. The van der Waals surface area contributed by atoms with Gasteiger partial charge >= 0.3 is 0 Å². The van der Waals surface area contributed by atoms with Gasteiger partial charge in [-0.25, -0.2) is 27.9 Å². The van der Waals surface area contributed by atoms with Crippen molar-refractivity contribution in [3.8, 4) is 11.4 Å². The van der Waals surface area contributed by atoms with Crippen LogP contribution in [0.3, 0.4) is 0 Å². The molecule has 31 heavy (non-hydrogen) atoms. The van der Waals surface area contributed by atoms with Crippen LogP contribution in [0, 0.1) is 17.6 Å². The molecule has 0 bridgehead atoms. The molecule has 0 spiro atoms. The highest BCUT2D eigenvalue weighted by atomic mass is 19.1. The third-order valence-corrected chi connectivity index (χ3v) is 6.56. The number of aromatic nitrogens is 6. The maximum absolute atomic E-state index is 14.7. The zero-order valence-corrected chi connectivity index (χ0v) is 17.2. The topological polar surface area (TPSA) is 64.1 Å². The Labute approximate surface area is 177 Å². The highest BCUT2D eigenvalue weighted by molar-refractivity contribution is 5.73. The van der Waals surface area contributed by atoms with Crippen molar-refractivity contribution in [1.82, 2.24) is 29.4 Å². The summed E-state index contributed by atoms with van der Waals surface area (Å²) in [6.07, 6.45) is 6.97. The molecule has 4 heterocycles. The molecule has 1 aromatic carbocycles. The molecule has 0 radical (unpaired) electrons. The van der Waals surface area contributed by atoms with Gasteiger partial charge in [0.05, 0.1) is 17.3 Å². The van der Waals surface area contributed by atoms with Crippen LogP contribution in [0.5, 0.6) is 0 Å². The molecule has 2 fully saturated rings. The van der Waals surface area contributed by atoms with E-state index >= 15 is 0 Å². The Hall–Kier alpha value is -3.36. The van der Waals surface area contributed by atoms with Gasteiger partial charge < -0.3 is 4.90 Å². The van der Waals surface area contributed by atoms with Gasteiger partial charge in [0.25, 0.3) is 0 Å². The second kappa shape index (κ2) is 6.32. The number of nitrogens with zero attached hydrogens (tertiary/aromatic N) is 7. The fraction of sp³-hybridized carbons (Fsp3) is 0.364. The summed E-state index contributed by atoms with van der Waals surface area (Å²) in [5.74, 6) is 0.794. The summed E-state index contributed by atoms with van der Waals surface area (Å²) >= 11 is 0. The third kappa shape index (κ3) is 2.62. The summed E-state index contributed by atoms with van der Waals surface area (Å²) in [6.45, 7) is 4.82. The van der Waals surface area contributed by atoms with Gasteiger partial charge in [0.2, 0.25) is 0 Å². The first-order chi connectivity index (χ1) is 15.0. The summed E-state index contributed by atoms with van der Waals surface area (Å²) in [7, 11) is 0. The van der Waals surface area contributed by atoms with Gasteiger partial charge in [-0.2, -0.15) is 10.2 Å². The zero-order valence-electron chi connectivity index (χ0n) is 17.2.